The fourth-order valence-corrected chi connectivity index (χ4v) is 3.09. The number of rotatable bonds is 3. The number of ether oxygens (including phenoxy) is 1. The van der Waals surface area contributed by atoms with Gasteiger partial charge in [0.1, 0.15) is 0 Å². The van der Waals surface area contributed by atoms with Crippen LogP contribution < -0.4 is 10.1 Å². The standard InChI is InChI=1S/C15H20F3NO/c1-10-8-14(2,3)9-12(10)19-11-6-4-5-7-13(11)20-15(16,17)18/h4-7,10,12,19H,8-9H2,1-3H3. The summed E-state index contributed by atoms with van der Waals surface area (Å²) in [6.07, 6.45) is -2.67. The minimum absolute atomic E-state index is 0.169. The SMILES string of the molecule is CC1CC(C)(C)CC1Nc1ccccc1OC(F)(F)F. The smallest absolute Gasteiger partial charge is 0.404 e. The maximum absolute atomic E-state index is 12.4. The van der Waals surface area contributed by atoms with Crippen LogP contribution in [0.25, 0.3) is 0 Å². The summed E-state index contributed by atoms with van der Waals surface area (Å²) < 4.78 is 41.2. The topological polar surface area (TPSA) is 21.3 Å². The van der Waals surface area contributed by atoms with Gasteiger partial charge >= 0.3 is 6.36 Å². The maximum Gasteiger partial charge on any atom is 0.573 e. The minimum Gasteiger partial charge on any atom is -0.404 e. The molecule has 1 aromatic rings. The molecule has 2 nitrogen and oxygen atoms in total. The zero-order valence-electron chi connectivity index (χ0n) is 11.9. The molecule has 1 aliphatic rings. The number of hydrogen-bond donors (Lipinski definition) is 1. The molecule has 0 amide bonds. The predicted molar refractivity (Wildman–Crippen MR) is 72.7 cm³/mol. The lowest BCUT2D eigenvalue weighted by atomic mass is 9.91. The largest absolute Gasteiger partial charge is 0.573 e. The number of para-hydroxylation sites is 2. The van der Waals surface area contributed by atoms with Crippen LogP contribution in [0.1, 0.15) is 33.6 Å². The van der Waals surface area contributed by atoms with E-state index in [0.29, 0.717) is 11.6 Å². The van der Waals surface area contributed by atoms with Crippen LogP contribution in [0.2, 0.25) is 0 Å². The Bertz CT molecular complexity index is 470. The lowest BCUT2D eigenvalue weighted by molar-refractivity contribution is -0.274. The van der Waals surface area contributed by atoms with Crippen molar-refractivity contribution in [1.29, 1.82) is 0 Å². The van der Waals surface area contributed by atoms with Crippen LogP contribution in [-0.2, 0) is 0 Å². The molecule has 2 unspecified atom stereocenters. The van der Waals surface area contributed by atoms with Crippen LogP contribution in [0.3, 0.4) is 0 Å². The Morgan fingerprint density at radius 1 is 1.20 bits per heavy atom. The minimum atomic E-state index is -4.67. The lowest BCUT2D eigenvalue weighted by Gasteiger charge is -2.22. The van der Waals surface area contributed by atoms with E-state index in [1.54, 1.807) is 12.1 Å². The molecule has 1 aromatic carbocycles. The molecule has 2 rings (SSSR count). The Labute approximate surface area is 117 Å². The molecule has 1 N–H and O–H groups in total. The summed E-state index contributed by atoms with van der Waals surface area (Å²) in [6, 6.07) is 6.37. The van der Waals surface area contributed by atoms with Gasteiger partial charge in [0.25, 0.3) is 0 Å². The van der Waals surface area contributed by atoms with Gasteiger partial charge in [-0.15, -0.1) is 13.2 Å². The second kappa shape index (κ2) is 5.19. The molecule has 20 heavy (non-hydrogen) atoms. The highest BCUT2D eigenvalue weighted by atomic mass is 19.4. The summed E-state index contributed by atoms with van der Waals surface area (Å²) in [4.78, 5) is 0. The average Bonchev–Trinajstić information content (AvgIpc) is 2.52. The van der Waals surface area contributed by atoms with Crippen molar-refractivity contribution in [3.8, 4) is 5.75 Å². The summed E-state index contributed by atoms with van der Waals surface area (Å²) in [7, 11) is 0. The maximum atomic E-state index is 12.4. The zero-order valence-corrected chi connectivity index (χ0v) is 11.9. The van der Waals surface area contributed by atoms with Gasteiger partial charge < -0.3 is 10.1 Å². The number of halogens is 3. The van der Waals surface area contributed by atoms with Crippen molar-refractivity contribution in [3.63, 3.8) is 0 Å². The Kier molecular flexibility index (Phi) is 3.89. The van der Waals surface area contributed by atoms with E-state index < -0.39 is 6.36 Å². The van der Waals surface area contributed by atoms with E-state index in [1.165, 1.54) is 12.1 Å². The summed E-state index contributed by atoms with van der Waals surface area (Å²) in [6.45, 7) is 6.49. The van der Waals surface area contributed by atoms with Crippen LogP contribution in [-0.4, -0.2) is 12.4 Å². The molecule has 0 aromatic heterocycles. The number of alkyl halides is 3. The first-order chi connectivity index (χ1) is 9.16. The van der Waals surface area contributed by atoms with E-state index in [1.807, 2.05) is 0 Å². The normalized spacial score (nSPS) is 25.5. The molecule has 0 saturated heterocycles. The number of benzene rings is 1. The van der Waals surface area contributed by atoms with Gasteiger partial charge in [-0.25, -0.2) is 0 Å². The highest BCUT2D eigenvalue weighted by Gasteiger charge is 2.37. The van der Waals surface area contributed by atoms with Gasteiger partial charge in [0.2, 0.25) is 0 Å². The third-order valence-corrected chi connectivity index (χ3v) is 3.79. The van der Waals surface area contributed by atoms with Crippen molar-refractivity contribution in [2.24, 2.45) is 11.3 Å². The van der Waals surface area contributed by atoms with Gasteiger partial charge in [0, 0.05) is 6.04 Å². The summed E-state index contributed by atoms with van der Waals surface area (Å²) in [5.74, 6) is 0.251. The van der Waals surface area contributed by atoms with Crippen molar-refractivity contribution in [2.45, 2.75) is 46.0 Å². The van der Waals surface area contributed by atoms with Crippen LogP contribution in [0.4, 0.5) is 18.9 Å². The Balaban J connectivity index is 2.14. The van der Waals surface area contributed by atoms with E-state index in [2.05, 4.69) is 30.8 Å². The molecular formula is C15H20F3NO. The molecule has 1 aliphatic carbocycles. The molecule has 0 heterocycles. The van der Waals surface area contributed by atoms with Crippen LogP contribution in [0.5, 0.6) is 5.75 Å². The molecule has 1 saturated carbocycles. The predicted octanol–water partition coefficient (Wildman–Crippen LogP) is 4.82. The van der Waals surface area contributed by atoms with Gasteiger partial charge in [-0.2, -0.15) is 0 Å². The zero-order chi connectivity index (χ0) is 15.0. The molecule has 1 fully saturated rings. The van der Waals surface area contributed by atoms with E-state index in [0.717, 1.165) is 12.8 Å². The van der Waals surface area contributed by atoms with Gasteiger partial charge in [0.05, 0.1) is 5.69 Å². The molecule has 112 valence electrons. The van der Waals surface area contributed by atoms with E-state index >= 15 is 0 Å². The molecule has 2 atom stereocenters. The van der Waals surface area contributed by atoms with Crippen molar-refractivity contribution in [2.75, 3.05) is 5.32 Å². The van der Waals surface area contributed by atoms with Crippen molar-refractivity contribution < 1.29 is 17.9 Å². The van der Waals surface area contributed by atoms with Crippen molar-refractivity contribution in [1.82, 2.24) is 0 Å². The fourth-order valence-electron chi connectivity index (χ4n) is 3.09. The molecule has 0 spiro atoms. The van der Waals surface area contributed by atoms with E-state index in [9.17, 15) is 13.2 Å². The molecule has 0 aliphatic heterocycles. The van der Waals surface area contributed by atoms with E-state index in [-0.39, 0.29) is 17.2 Å². The van der Waals surface area contributed by atoms with Gasteiger partial charge in [-0.3, -0.25) is 0 Å². The summed E-state index contributed by atoms with van der Waals surface area (Å²) in [5, 5.41) is 3.21. The van der Waals surface area contributed by atoms with Crippen LogP contribution >= 0.6 is 0 Å². The number of hydrogen-bond acceptors (Lipinski definition) is 2. The second-order valence-electron chi connectivity index (χ2n) is 6.34. The third-order valence-electron chi connectivity index (χ3n) is 3.79. The van der Waals surface area contributed by atoms with Gasteiger partial charge in [-0.1, -0.05) is 32.9 Å². The number of anilines is 1. The average molecular weight is 287 g/mol. The molecular weight excluding hydrogens is 267 g/mol. The van der Waals surface area contributed by atoms with E-state index in [4.69, 9.17) is 0 Å². The van der Waals surface area contributed by atoms with Crippen LogP contribution in [0, 0.1) is 11.3 Å². The molecule has 0 radical (unpaired) electrons. The summed E-state index contributed by atoms with van der Waals surface area (Å²) in [5.41, 5.74) is 0.621. The molecule has 5 heteroatoms. The Hall–Kier alpha value is -1.39. The Morgan fingerprint density at radius 3 is 2.40 bits per heavy atom. The highest BCUT2D eigenvalue weighted by Crippen LogP contribution is 2.43. The number of nitrogens with one attached hydrogen (secondary N) is 1. The second-order valence-corrected chi connectivity index (χ2v) is 6.34. The first-order valence-electron chi connectivity index (χ1n) is 6.78. The first-order valence-corrected chi connectivity index (χ1v) is 6.78. The van der Waals surface area contributed by atoms with Crippen molar-refractivity contribution in [3.05, 3.63) is 24.3 Å². The van der Waals surface area contributed by atoms with Crippen LogP contribution in [0.15, 0.2) is 24.3 Å². The first kappa shape index (κ1) is 15.0. The Morgan fingerprint density at radius 2 is 1.85 bits per heavy atom. The molecule has 0 bridgehead atoms. The fraction of sp³-hybridized carbons (Fsp3) is 0.600. The van der Waals surface area contributed by atoms with Gasteiger partial charge in [0.15, 0.2) is 5.75 Å². The van der Waals surface area contributed by atoms with Gasteiger partial charge in [-0.05, 0) is 36.3 Å². The highest BCUT2D eigenvalue weighted by molar-refractivity contribution is 5.57. The monoisotopic (exact) mass is 287 g/mol. The summed E-state index contributed by atoms with van der Waals surface area (Å²) >= 11 is 0. The lowest BCUT2D eigenvalue weighted by Crippen LogP contribution is -2.24. The van der Waals surface area contributed by atoms with Crippen molar-refractivity contribution >= 4 is 5.69 Å². The quantitative estimate of drug-likeness (QED) is 0.860. The third kappa shape index (κ3) is 3.81.